The summed E-state index contributed by atoms with van der Waals surface area (Å²) < 4.78 is 33.3. The third kappa shape index (κ3) is 41.3. The van der Waals surface area contributed by atoms with Gasteiger partial charge in [-0.05, 0) is 77.0 Å². The molecule has 0 aromatic carbocycles. The zero-order valence-electron chi connectivity index (χ0n) is 35.1. The molecule has 0 aromatic heterocycles. The number of phosphoric ester groups is 1. The quantitative estimate of drug-likeness (QED) is 0.0240. The average molecular weight is 807 g/mol. The maximum Gasteiger partial charge on any atom is 0.472 e. The number of hydrogen-bond donors (Lipinski definition) is 3. The Labute approximate surface area is 341 Å². The first-order valence-corrected chi connectivity index (χ1v) is 23.1. The van der Waals surface area contributed by atoms with Gasteiger partial charge in [0.2, 0.25) is 0 Å². The van der Waals surface area contributed by atoms with Crippen LogP contribution in [-0.4, -0.2) is 66.3 Å². The van der Waals surface area contributed by atoms with Crippen molar-refractivity contribution in [2.45, 2.75) is 167 Å². The number of carbonyl (C=O) groups excluding carboxylic acids is 1. The number of hydrogen-bond acceptors (Lipinski definition) is 8. The van der Waals surface area contributed by atoms with Crippen molar-refractivity contribution < 1.29 is 43.0 Å². The second kappa shape index (κ2) is 42.3. The minimum Gasteiger partial charge on any atom is -0.457 e. The molecule has 0 bridgehead atoms. The highest BCUT2D eigenvalue weighted by Gasteiger charge is 2.26. The van der Waals surface area contributed by atoms with Gasteiger partial charge in [-0.15, -0.1) is 0 Å². The SMILES string of the molecule is CC/C=C\C/C=C\C/C=C\C/C=C\C/C=C\C/C=C\CCC(=O)OC(COCCCCCCCC/C=C\CCCCCCCC)COP(=O)(O)OCC(O)CO. The second-order valence-electron chi connectivity index (χ2n) is 14.0. The molecule has 0 amide bonds. The van der Waals surface area contributed by atoms with Crippen molar-refractivity contribution in [1.29, 1.82) is 0 Å². The van der Waals surface area contributed by atoms with E-state index >= 15 is 0 Å². The zero-order valence-corrected chi connectivity index (χ0v) is 36.0. The van der Waals surface area contributed by atoms with Crippen molar-refractivity contribution >= 4 is 13.8 Å². The Morgan fingerprint density at radius 3 is 1.54 bits per heavy atom. The summed E-state index contributed by atoms with van der Waals surface area (Å²) in [4.78, 5) is 22.5. The van der Waals surface area contributed by atoms with Gasteiger partial charge in [0, 0.05) is 13.0 Å². The van der Waals surface area contributed by atoms with Crippen LogP contribution < -0.4 is 0 Å². The topological polar surface area (TPSA) is 132 Å². The van der Waals surface area contributed by atoms with Crippen LogP contribution >= 0.6 is 7.82 Å². The van der Waals surface area contributed by atoms with Gasteiger partial charge in [0.15, 0.2) is 0 Å². The molecule has 0 aromatic rings. The van der Waals surface area contributed by atoms with Crippen molar-refractivity contribution in [3.8, 4) is 0 Å². The molecule has 0 aliphatic heterocycles. The fourth-order valence-corrected chi connectivity index (χ4v) is 6.11. The first-order chi connectivity index (χ1) is 27.3. The molecule has 56 heavy (non-hydrogen) atoms. The third-order valence-electron chi connectivity index (χ3n) is 8.58. The minimum atomic E-state index is -4.54. The standard InChI is InChI=1S/C46H79O9P/c1-3-5-7-9-11-13-15-17-19-21-22-23-24-26-28-30-32-34-36-38-46(49)55-45(43-54-56(50,51)53-41-44(48)40-47)42-52-39-37-35-33-31-29-27-25-20-18-16-14-12-10-8-6-4-2/h5,7,11,13,17-20,22-23,26,28,32,34,44-45,47-48H,3-4,6,8-10,12,14-16,21,24-25,27,29-31,33,35-43H2,1-2H3,(H,50,51)/b7-5-,13-11-,19-17-,20-18-,23-22-,28-26-,34-32-. The lowest BCUT2D eigenvalue weighted by Crippen LogP contribution is -2.29. The Morgan fingerprint density at radius 1 is 0.571 bits per heavy atom. The van der Waals surface area contributed by atoms with Gasteiger partial charge in [-0.1, -0.05) is 157 Å². The first kappa shape index (κ1) is 53.6. The van der Waals surface area contributed by atoms with Crippen molar-refractivity contribution in [1.82, 2.24) is 0 Å². The predicted molar refractivity (Wildman–Crippen MR) is 232 cm³/mol. The molecule has 3 unspecified atom stereocenters. The summed E-state index contributed by atoms with van der Waals surface area (Å²) in [7, 11) is -4.54. The van der Waals surface area contributed by atoms with Gasteiger partial charge in [0.1, 0.15) is 12.2 Å². The lowest BCUT2D eigenvalue weighted by molar-refractivity contribution is -0.154. The number of phosphoric acid groups is 1. The molecule has 3 N–H and O–H groups in total. The van der Waals surface area contributed by atoms with Gasteiger partial charge in [0.25, 0.3) is 0 Å². The van der Waals surface area contributed by atoms with E-state index in [0.29, 0.717) is 13.0 Å². The lowest BCUT2D eigenvalue weighted by Gasteiger charge is -2.20. The van der Waals surface area contributed by atoms with Crippen LogP contribution in [0.15, 0.2) is 85.1 Å². The van der Waals surface area contributed by atoms with Crippen LogP contribution in [0.25, 0.3) is 0 Å². The number of carbonyl (C=O) groups is 1. The maximum atomic E-state index is 12.6. The van der Waals surface area contributed by atoms with Gasteiger partial charge in [0.05, 0.1) is 26.4 Å². The van der Waals surface area contributed by atoms with Crippen LogP contribution in [0.2, 0.25) is 0 Å². The molecule has 0 spiro atoms. The highest BCUT2D eigenvalue weighted by molar-refractivity contribution is 7.47. The Kier molecular flexibility index (Phi) is 40.5. The smallest absolute Gasteiger partial charge is 0.457 e. The number of rotatable bonds is 40. The van der Waals surface area contributed by atoms with Crippen LogP contribution in [0.4, 0.5) is 0 Å². The van der Waals surface area contributed by atoms with Gasteiger partial charge in [-0.3, -0.25) is 13.8 Å². The van der Waals surface area contributed by atoms with E-state index < -0.39 is 45.8 Å². The van der Waals surface area contributed by atoms with Crippen LogP contribution in [0, 0.1) is 0 Å². The molecule has 0 radical (unpaired) electrons. The van der Waals surface area contributed by atoms with E-state index in [2.05, 4.69) is 86.8 Å². The molecule has 0 aliphatic rings. The van der Waals surface area contributed by atoms with E-state index in [1.807, 2.05) is 12.2 Å². The van der Waals surface area contributed by atoms with E-state index in [0.717, 1.165) is 64.2 Å². The van der Waals surface area contributed by atoms with Gasteiger partial charge >= 0.3 is 13.8 Å². The molecule has 10 heteroatoms. The van der Waals surface area contributed by atoms with Crippen LogP contribution in [0.5, 0.6) is 0 Å². The van der Waals surface area contributed by atoms with Gasteiger partial charge in [-0.2, -0.15) is 0 Å². The zero-order chi connectivity index (χ0) is 41.1. The van der Waals surface area contributed by atoms with E-state index in [9.17, 15) is 19.4 Å². The molecule has 322 valence electrons. The highest BCUT2D eigenvalue weighted by atomic mass is 31.2. The summed E-state index contributed by atoms with van der Waals surface area (Å²) in [5, 5.41) is 18.3. The van der Waals surface area contributed by atoms with Gasteiger partial charge in [-0.25, -0.2) is 4.57 Å². The number of aliphatic hydroxyl groups excluding tert-OH is 2. The Balaban J connectivity index is 4.34. The largest absolute Gasteiger partial charge is 0.472 e. The average Bonchev–Trinajstić information content (AvgIpc) is 3.19. The molecule has 9 nitrogen and oxygen atoms in total. The second-order valence-corrected chi connectivity index (χ2v) is 15.4. The van der Waals surface area contributed by atoms with Crippen LogP contribution in [-0.2, 0) is 27.9 Å². The van der Waals surface area contributed by atoms with E-state index in [4.69, 9.17) is 23.6 Å². The molecule has 0 saturated heterocycles. The Bertz CT molecular complexity index is 1140. The number of esters is 1. The maximum absolute atomic E-state index is 12.6. The van der Waals surface area contributed by atoms with Crippen molar-refractivity contribution in [2.24, 2.45) is 0 Å². The van der Waals surface area contributed by atoms with Crippen molar-refractivity contribution in [2.75, 3.05) is 33.0 Å². The molecule has 0 rings (SSSR count). The first-order valence-electron chi connectivity index (χ1n) is 21.6. The van der Waals surface area contributed by atoms with Crippen molar-refractivity contribution in [3.63, 3.8) is 0 Å². The number of aliphatic hydroxyl groups is 2. The fourth-order valence-electron chi connectivity index (χ4n) is 5.32. The molecular formula is C46H79O9P. The molecule has 0 saturated carbocycles. The monoisotopic (exact) mass is 807 g/mol. The van der Waals surface area contributed by atoms with E-state index in [-0.39, 0.29) is 13.0 Å². The molecule has 0 aliphatic carbocycles. The number of ether oxygens (including phenoxy) is 2. The normalized spacial score (nSPS) is 14.9. The summed E-state index contributed by atoms with van der Waals surface area (Å²) in [6.07, 6.45) is 51.3. The summed E-state index contributed by atoms with van der Waals surface area (Å²) in [5.74, 6) is -0.469. The molecular weight excluding hydrogens is 727 g/mol. The number of unbranched alkanes of at least 4 members (excludes halogenated alkanes) is 12. The molecule has 0 heterocycles. The third-order valence-corrected chi connectivity index (χ3v) is 9.53. The lowest BCUT2D eigenvalue weighted by atomic mass is 10.1. The fraction of sp³-hybridized carbons (Fsp3) is 0.674. The highest BCUT2D eigenvalue weighted by Crippen LogP contribution is 2.43. The van der Waals surface area contributed by atoms with Crippen LogP contribution in [0.3, 0.4) is 0 Å². The van der Waals surface area contributed by atoms with Crippen LogP contribution in [0.1, 0.15) is 155 Å². The Hall–Kier alpha value is -2.36. The number of allylic oxidation sites excluding steroid dienone is 14. The summed E-state index contributed by atoms with van der Waals surface area (Å²) in [6.45, 7) is 3.26. The Morgan fingerprint density at radius 2 is 1.02 bits per heavy atom. The van der Waals surface area contributed by atoms with Gasteiger partial charge < -0.3 is 24.6 Å². The summed E-state index contributed by atoms with van der Waals surface area (Å²) in [6, 6.07) is 0. The molecule has 3 atom stereocenters. The predicted octanol–water partition coefficient (Wildman–Crippen LogP) is 11.9. The van der Waals surface area contributed by atoms with E-state index in [1.165, 1.54) is 64.2 Å². The van der Waals surface area contributed by atoms with E-state index in [1.54, 1.807) is 0 Å². The minimum absolute atomic E-state index is 0.00991. The summed E-state index contributed by atoms with van der Waals surface area (Å²) in [5.41, 5.74) is 0. The van der Waals surface area contributed by atoms with Crippen molar-refractivity contribution in [3.05, 3.63) is 85.1 Å². The summed E-state index contributed by atoms with van der Waals surface area (Å²) >= 11 is 0. The molecule has 0 fully saturated rings.